The van der Waals surface area contributed by atoms with E-state index in [1.807, 2.05) is 0 Å². The molecule has 0 radical (unpaired) electrons. The quantitative estimate of drug-likeness (QED) is 0.529. The van der Waals surface area contributed by atoms with Gasteiger partial charge in [0.2, 0.25) is 0 Å². The maximum atomic E-state index is 8.80. The summed E-state index contributed by atoms with van der Waals surface area (Å²) >= 11 is 0. The van der Waals surface area contributed by atoms with Crippen molar-refractivity contribution in [3.8, 4) is 0 Å². The second-order valence-electron chi connectivity index (χ2n) is 3.41. The van der Waals surface area contributed by atoms with Crippen molar-refractivity contribution < 1.29 is 5.11 Å². The van der Waals surface area contributed by atoms with Gasteiger partial charge in [0.1, 0.15) is 0 Å². The minimum atomic E-state index is 0.203. The molecule has 0 heterocycles. The first kappa shape index (κ1) is 6.81. The summed E-state index contributed by atoms with van der Waals surface area (Å²) in [7, 11) is 0. The number of aliphatic hydroxyl groups excluding tert-OH is 1. The monoisotopic (exact) mass is 126 g/mol. The van der Waals surface area contributed by atoms with E-state index < -0.39 is 0 Å². The third kappa shape index (κ3) is 0.799. The van der Waals surface area contributed by atoms with E-state index >= 15 is 0 Å². The van der Waals surface area contributed by atoms with Gasteiger partial charge in [-0.2, -0.15) is 0 Å². The molecule has 0 bridgehead atoms. The third-order valence-corrected chi connectivity index (χ3v) is 2.65. The van der Waals surface area contributed by atoms with E-state index in [9.17, 15) is 0 Å². The zero-order valence-corrected chi connectivity index (χ0v) is 6.15. The SMILES string of the molecule is C=C1CC(CO)C1(C)C. The fraction of sp³-hybridized carbons (Fsp3) is 0.750. The van der Waals surface area contributed by atoms with Gasteiger partial charge >= 0.3 is 0 Å². The van der Waals surface area contributed by atoms with Crippen LogP contribution in [0.3, 0.4) is 0 Å². The Bertz CT molecular complexity index is 136. The molecule has 1 fully saturated rings. The molecular weight excluding hydrogens is 112 g/mol. The summed E-state index contributed by atoms with van der Waals surface area (Å²) in [5.41, 5.74) is 1.48. The molecule has 52 valence electrons. The van der Waals surface area contributed by atoms with Gasteiger partial charge in [-0.1, -0.05) is 26.0 Å². The van der Waals surface area contributed by atoms with Crippen LogP contribution in [0.1, 0.15) is 20.3 Å². The first-order valence-corrected chi connectivity index (χ1v) is 3.38. The van der Waals surface area contributed by atoms with Gasteiger partial charge in [0.25, 0.3) is 0 Å². The van der Waals surface area contributed by atoms with Crippen molar-refractivity contribution in [1.29, 1.82) is 0 Å². The Hall–Kier alpha value is -0.300. The number of aliphatic hydroxyl groups is 1. The number of hydrogen-bond acceptors (Lipinski definition) is 1. The highest BCUT2D eigenvalue weighted by molar-refractivity contribution is 5.20. The van der Waals surface area contributed by atoms with Gasteiger partial charge in [-0.15, -0.1) is 0 Å². The van der Waals surface area contributed by atoms with Crippen molar-refractivity contribution in [2.75, 3.05) is 6.61 Å². The van der Waals surface area contributed by atoms with Crippen LogP contribution in [0.5, 0.6) is 0 Å². The molecule has 0 aliphatic heterocycles. The topological polar surface area (TPSA) is 20.2 Å². The van der Waals surface area contributed by atoms with Crippen LogP contribution in [0.2, 0.25) is 0 Å². The molecule has 0 aromatic carbocycles. The van der Waals surface area contributed by atoms with E-state index in [0.717, 1.165) is 6.42 Å². The molecule has 1 unspecified atom stereocenters. The molecule has 1 atom stereocenters. The molecule has 1 aliphatic rings. The molecule has 1 rings (SSSR count). The van der Waals surface area contributed by atoms with E-state index in [0.29, 0.717) is 12.5 Å². The lowest BCUT2D eigenvalue weighted by molar-refractivity contribution is 0.0857. The first-order chi connectivity index (χ1) is 4.09. The van der Waals surface area contributed by atoms with E-state index in [2.05, 4.69) is 20.4 Å². The Balaban J connectivity index is 2.58. The van der Waals surface area contributed by atoms with Crippen LogP contribution in [0.4, 0.5) is 0 Å². The molecule has 1 nitrogen and oxygen atoms in total. The average molecular weight is 126 g/mol. The Labute approximate surface area is 56.4 Å². The average Bonchev–Trinajstić information content (AvgIpc) is 1.82. The summed E-state index contributed by atoms with van der Waals surface area (Å²) in [4.78, 5) is 0. The van der Waals surface area contributed by atoms with Crippen LogP contribution in [0.15, 0.2) is 12.2 Å². The zero-order valence-electron chi connectivity index (χ0n) is 6.15. The highest BCUT2D eigenvalue weighted by atomic mass is 16.3. The van der Waals surface area contributed by atoms with Gasteiger partial charge in [0.15, 0.2) is 0 Å². The van der Waals surface area contributed by atoms with E-state index in [1.165, 1.54) is 5.57 Å². The smallest absolute Gasteiger partial charge is 0.0470 e. The van der Waals surface area contributed by atoms with Crippen LogP contribution in [0, 0.1) is 11.3 Å². The lowest BCUT2D eigenvalue weighted by atomic mass is 9.60. The molecule has 0 aromatic rings. The lowest BCUT2D eigenvalue weighted by Crippen LogP contribution is -2.39. The van der Waals surface area contributed by atoms with E-state index in [-0.39, 0.29) is 5.41 Å². The summed E-state index contributed by atoms with van der Waals surface area (Å²) in [6.07, 6.45) is 1.02. The minimum Gasteiger partial charge on any atom is -0.396 e. The van der Waals surface area contributed by atoms with Crippen molar-refractivity contribution in [1.82, 2.24) is 0 Å². The maximum Gasteiger partial charge on any atom is 0.0470 e. The van der Waals surface area contributed by atoms with Crippen LogP contribution in [0.25, 0.3) is 0 Å². The van der Waals surface area contributed by atoms with Crippen LogP contribution < -0.4 is 0 Å². The van der Waals surface area contributed by atoms with Crippen molar-refractivity contribution in [2.24, 2.45) is 11.3 Å². The molecule has 1 N–H and O–H groups in total. The molecule has 0 amide bonds. The summed E-state index contributed by atoms with van der Waals surface area (Å²) in [5.74, 6) is 0.463. The molecular formula is C8H14O. The number of rotatable bonds is 1. The predicted octanol–water partition coefficient (Wildman–Crippen LogP) is 1.58. The Morgan fingerprint density at radius 2 is 2.33 bits per heavy atom. The Morgan fingerprint density at radius 3 is 2.44 bits per heavy atom. The van der Waals surface area contributed by atoms with Gasteiger partial charge in [0, 0.05) is 6.61 Å². The summed E-state index contributed by atoms with van der Waals surface area (Å²) in [6, 6.07) is 0. The third-order valence-electron chi connectivity index (χ3n) is 2.65. The van der Waals surface area contributed by atoms with E-state index in [1.54, 1.807) is 0 Å². The normalized spacial score (nSPS) is 31.9. The molecule has 9 heavy (non-hydrogen) atoms. The second-order valence-corrected chi connectivity index (χ2v) is 3.41. The first-order valence-electron chi connectivity index (χ1n) is 3.38. The summed E-state index contributed by atoms with van der Waals surface area (Å²) in [5, 5.41) is 8.80. The largest absolute Gasteiger partial charge is 0.396 e. The predicted molar refractivity (Wildman–Crippen MR) is 38.1 cm³/mol. The second kappa shape index (κ2) is 1.84. The lowest BCUT2D eigenvalue weighted by Gasteiger charge is -2.46. The van der Waals surface area contributed by atoms with Gasteiger partial charge < -0.3 is 5.11 Å². The zero-order chi connectivity index (χ0) is 7.07. The number of allylic oxidation sites excluding steroid dienone is 1. The minimum absolute atomic E-state index is 0.203. The Morgan fingerprint density at radius 1 is 1.78 bits per heavy atom. The molecule has 1 heteroatoms. The van der Waals surface area contributed by atoms with Crippen LogP contribution in [-0.4, -0.2) is 11.7 Å². The van der Waals surface area contributed by atoms with Crippen LogP contribution >= 0.6 is 0 Å². The maximum absolute atomic E-state index is 8.80. The highest BCUT2D eigenvalue weighted by Crippen LogP contribution is 2.49. The highest BCUT2D eigenvalue weighted by Gasteiger charge is 2.41. The van der Waals surface area contributed by atoms with Gasteiger partial charge in [0.05, 0.1) is 0 Å². The van der Waals surface area contributed by atoms with Crippen molar-refractivity contribution >= 4 is 0 Å². The van der Waals surface area contributed by atoms with Crippen molar-refractivity contribution in [2.45, 2.75) is 20.3 Å². The summed E-state index contributed by atoms with van der Waals surface area (Å²) < 4.78 is 0. The molecule has 0 saturated heterocycles. The standard InChI is InChI=1S/C8H14O/c1-6-4-7(5-9)8(6,2)3/h7,9H,1,4-5H2,2-3H3. The van der Waals surface area contributed by atoms with Crippen molar-refractivity contribution in [3.63, 3.8) is 0 Å². The Kier molecular flexibility index (Phi) is 1.39. The fourth-order valence-electron chi connectivity index (χ4n) is 1.27. The van der Waals surface area contributed by atoms with Gasteiger partial charge in [-0.05, 0) is 17.8 Å². The van der Waals surface area contributed by atoms with E-state index in [4.69, 9.17) is 5.11 Å². The van der Waals surface area contributed by atoms with Crippen molar-refractivity contribution in [3.05, 3.63) is 12.2 Å². The van der Waals surface area contributed by atoms with Gasteiger partial charge in [-0.3, -0.25) is 0 Å². The molecule has 1 aliphatic carbocycles. The number of hydrogen-bond donors (Lipinski definition) is 1. The molecule has 0 aromatic heterocycles. The summed E-state index contributed by atoms with van der Waals surface area (Å²) in [6.45, 7) is 8.49. The molecule has 0 spiro atoms. The van der Waals surface area contributed by atoms with Gasteiger partial charge in [-0.25, -0.2) is 0 Å². The fourth-order valence-corrected chi connectivity index (χ4v) is 1.27. The van der Waals surface area contributed by atoms with Crippen LogP contribution in [-0.2, 0) is 0 Å². The molecule has 1 saturated carbocycles.